The standard InChI is InChI=1S/C27H29BrN4O3/c1-17-8-6-7-9-19(17)15-34-23-13-12-20(28)14-22(23)25-24(18(2)31-27-29-16-30-32(25)27)26(33)35-21-10-4-3-5-11-21/h6-9,12-14,16,21,25H,3-5,10-11,15H2,1-2H3,(H,29,30,31). The third-order valence-electron chi connectivity index (χ3n) is 6.75. The number of nitrogens with zero attached hydrogens (tertiary/aromatic N) is 3. The molecule has 8 heteroatoms. The number of aromatic nitrogens is 3. The second-order valence-corrected chi connectivity index (χ2v) is 10.1. The smallest absolute Gasteiger partial charge is 0.338 e. The van der Waals surface area contributed by atoms with Gasteiger partial charge in [-0.05, 0) is 68.9 Å². The molecule has 0 amide bonds. The minimum atomic E-state index is -0.533. The molecule has 2 aliphatic rings. The first-order valence-electron chi connectivity index (χ1n) is 12.1. The van der Waals surface area contributed by atoms with Crippen LogP contribution in [0.3, 0.4) is 0 Å². The third-order valence-corrected chi connectivity index (χ3v) is 7.24. The molecular weight excluding hydrogens is 508 g/mol. The predicted octanol–water partition coefficient (Wildman–Crippen LogP) is 6.09. The minimum Gasteiger partial charge on any atom is -0.489 e. The maximum atomic E-state index is 13.6. The number of ether oxygens (including phenoxy) is 2. The molecule has 1 N–H and O–H groups in total. The molecule has 1 atom stereocenters. The Balaban J connectivity index is 1.52. The Hall–Kier alpha value is -3.13. The number of carbonyl (C=O) groups excluding carboxylic acids is 1. The number of carbonyl (C=O) groups is 1. The van der Waals surface area contributed by atoms with E-state index < -0.39 is 6.04 Å². The van der Waals surface area contributed by atoms with Crippen molar-refractivity contribution in [3.63, 3.8) is 0 Å². The van der Waals surface area contributed by atoms with E-state index in [1.54, 1.807) is 4.68 Å². The Morgan fingerprint density at radius 3 is 2.74 bits per heavy atom. The first-order chi connectivity index (χ1) is 17.0. The topological polar surface area (TPSA) is 78.3 Å². The first kappa shape index (κ1) is 23.6. The Labute approximate surface area is 213 Å². The molecule has 1 saturated carbocycles. The summed E-state index contributed by atoms with van der Waals surface area (Å²) in [4.78, 5) is 17.9. The molecule has 1 unspecified atom stereocenters. The van der Waals surface area contributed by atoms with Gasteiger partial charge in [-0.1, -0.05) is 46.6 Å². The molecule has 1 aliphatic carbocycles. The lowest BCUT2D eigenvalue weighted by Crippen LogP contribution is -2.32. The van der Waals surface area contributed by atoms with Gasteiger partial charge in [0.15, 0.2) is 0 Å². The summed E-state index contributed by atoms with van der Waals surface area (Å²) in [6, 6.07) is 13.5. The SMILES string of the molecule is CC1=C(C(=O)OC2CCCCC2)C(c2cc(Br)ccc2OCc2ccccc2C)n2ncnc2N1. The number of benzene rings is 2. The van der Waals surface area contributed by atoms with Crippen LogP contribution in [0.2, 0.25) is 0 Å². The summed E-state index contributed by atoms with van der Waals surface area (Å²) in [6.07, 6.45) is 6.64. The summed E-state index contributed by atoms with van der Waals surface area (Å²) in [5.74, 6) is 0.935. The Bertz CT molecular complexity index is 1260. The van der Waals surface area contributed by atoms with Crippen LogP contribution in [0.1, 0.15) is 61.8 Å². The van der Waals surface area contributed by atoms with Crippen molar-refractivity contribution in [3.05, 3.63) is 81.2 Å². The van der Waals surface area contributed by atoms with Crippen LogP contribution in [-0.4, -0.2) is 26.8 Å². The summed E-state index contributed by atoms with van der Waals surface area (Å²) < 4.78 is 15.0. The number of rotatable bonds is 6. The maximum absolute atomic E-state index is 13.6. The van der Waals surface area contributed by atoms with Gasteiger partial charge in [-0.25, -0.2) is 9.48 Å². The predicted molar refractivity (Wildman–Crippen MR) is 137 cm³/mol. The number of nitrogens with one attached hydrogen (secondary N) is 1. The van der Waals surface area contributed by atoms with Crippen molar-refractivity contribution < 1.29 is 14.3 Å². The van der Waals surface area contributed by atoms with E-state index in [1.807, 2.05) is 37.3 Å². The molecule has 35 heavy (non-hydrogen) atoms. The minimum absolute atomic E-state index is 0.0476. The molecule has 0 bridgehead atoms. The fourth-order valence-corrected chi connectivity index (χ4v) is 5.21. The van der Waals surface area contributed by atoms with Gasteiger partial charge < -0.3 is 14.8 Å². The van der Waals surface area contributed by atoms with Crippen LogP contribution in [0, 0.1) is 6.92 Å². The van der Waals surface area contributed by atoms with Gasteiger partial charge in [-0.3, -0.25) is 0 Å². The number of halogens is 1. The number of fused-ring (bicyclic) bond motifs is 1. The summed E-state index contributed by atoms with van der Waals surface area (Å²) >= 11 is 3.60. The van der Waals surface area contributed by atoms with Gasteiger partial charge in [0.25, 0.3) is 0 Å². The first-order valence-corrected chi connectivity index (χ1v) is 12.9. The molecule has 2 heterocycles. The highest BCUT2D eigenvalue weighted by atomic mass is 79.9. The van der Waals surface area contributed by atoms with E-state index in [9.17, 15) is 4.79 Å². The van der Waals surface area contributed by atoms with Crippen LogP contribution in [0.4, 0.5) is 5.95 Å². The molecule has 3 aromatic rings. The second-order valence-electron chi connectivity index (χ2n) is 9.16. The van der Waals surface area contributed by atoms with E-state index in [-0.39, 0.29) is 12.1 Å². The fraction of sp³-hybridized carbons (Fsp3) is 0.370. The monoisotopic (exact) mass is 536 g/mol. The van der Waals surface area contributed by atoms with Crippen molar-refractivity contribution in [2.45, 2.75) is 64.7 Å². The number of hydrogen-bond donors (Lipinski definition) is 1. The van der Waals surface area contributed by atoms with Gasteiger partial charge in [0, 0.05) is 15.7 Å². The van der Waals surface area contributed by atoms with Crippen LogP contribution in [0.15, 0.2) is 64.5 Å². The van der Waals surface area contributed by atoms with Crippen LogP contribution in [0.25, 0.3) is 0 Å². The number of aryl methyl sites for hydroxylation is 1. The zero-order chi connectivity index (χ0) is 24.4. The summed E-state index contributed by atoms with van der Waals surface area (Å²) in [5.41, 5.74) is 4.32. The maximum Gasteiger partial charge on any atom is 0.338 e. The van der Waals surface area contributed by atoms with Gasteiger partial charge in [0.2, 0.25) is 5.95 Å². The number of hydrogen-bond acceptors (Lipinski definition) is 6. The van der Waals surface area contributed by atoms with Crippen molar-refractivity contribution in [2.75, 3.05) is 5.32 Å². The van der Waals surface area contributed by atoms with Gasteiger partial charge in [-0.2, -0.15) is 10.1 Å². The number of esters is 1. The van der Waals surface area contributed by atoms with Gasteiger partial charge >= 0.3 is 5.97 Å². The Morgan fingerprint density at radius 1 is 1.14 bits per heavy atom. The largest absolute Gasteiger partial charge is 0.489 e. The average molecular weight is 537 g/mol. The van der Waals surface area contributed by atoms with Crippen molar-refractivity contribution in [3.8, 4) is 5.75 Å². The molecule has 5 rings (SSSR count). The molecule has 1 fully saturated rings. The average Bonchev–Trinajstić information content (AvgIpc) is 3.32. The van der Waals surface area contributed by atoms with Crippen molar-refractivity contribution >= 4 is 27.8 Å². The van der Waals surface area contributed by atoms with Crippen LogP contribution in [-0.2, 0) is 16.1 Å². The number of allylic oxidation sites excluding steroid dienone is 1. The summed E-state index contributed by atoms with van der Waals surface area (Å²) in [7, 11) is 0. The normalized spacial score (nSPS) is 18.1. The zero-order valence-corrected chi connectivity index (χ0v) is 21.5. The lowest BCUT2D eigenvalue weighted by atomic mass is 9.94. The Morgan fingerprint density at radius 2 is 1.94 bits per heavy atom. The highest BCUT2D eigenvalue weighted by molar-refractivity contribution is 9.10. The highest BCUT2D eigenvalue weighted by Gasteiger charge is 2.37. The quantitative estimate of drug-likeness (QED) is 0.384. The van der Waals surface area contributed by atoms with E-state index in [0.29, 0.717) is 29.6 Å². The summed E-state index contributed by atoms with van der Waals surface area (Å²) in [6.45, 7) is 4.37. The lowest BCUT2D eigenvalue weighted by Gasteiger charge is -2.31. The van der Waals surface area contributed by atoms with Gasteiger partial charge in [0.1, 0.15) is 30.8 Å². The molecule has 0 saturated heterocycles. The van der Waals surface area contributed by atoms with Crippen molar-refractivity contribution in [2.24, 2.45) is 0 Å². The molecule has 0 radical (unpaired) electrons. The molecule has 1 aliphatic heterocycles. The molecular formula is C27H29BrN4O3. The van der Waals surface area contributed by atoms with Crippen molar-refractivity contribution in [1.29, 1.82) is 0 Å². The zero-order valence-electron chi connectivity index (χ0n) is 20.0. The molecule has 0 spiro atoms. The summed E-state index contributed by atoms with van der Waals surface area (Å²) in [5, 5.41) is 7.68. The van der Waals surface area contributed by atoms with E-state index in [4.69, 9.17) is 9.47 Å². The van der Waals surface area contributed by atoms with Gasteiger partial charge in [0.05, 0.1) is 5.57 Å². The molecule has 1 aromatic heterocycles. The second kappa shape index (κ2) is 10.2. The fourth-order valence-electron chi connectivity index (χ4n) is 4.83. The highest BCUT2D eigenvalue weighted by Crippen LogP contribution is 2.41. The van der Waals surface area contributed by atoms with E-state index in [0.717, 1.165) is 41.3 Å². The molecule has 7 nitrogen and oxygen atoms in total. The van der Waals surface area contributed by atoms with Gasteiger partial charge in [-0.15, -0.1) is 0 Å². The van der Waals surface area contributed by atoms with E-state index in [2.05, 4.69) is 50.4 Å². The lowest BCUT2D eigenvalue weighted by molar-refractivity contribution is -0.146. The molecule has 2 aromatic carbocycles. The Kier molecular flexibility index (Phi) is 6.90. The number of anilines is 1. The van der Waals surface area contributed by atoms with E-state index in [1.165, 1.54) is 18.3 Å². The van der Waals surface area contributed by atoms with Crippen molar-refractivity contribution in [1.82, 2.24) is 14.8 Å². The van der Waals surface area contributed by atoms with Crippen LogP contribution in [0.5, 0.6) is 5.75 Å². The third kappa shape index (κ3) is 4.98. The molecule has 182 valence electrons. The van der Waals surface area contributed by atoms with Crippen LogP contribution < -0.4 is 10.1 Å². The van der Waals surface area contributed by atoms with E-state index >= 15 is 0 Å². The van der Waals surface area contributed by atoms with Crippen LogP contribution >= 0.6 is 15.9 Å².